The maximum Gasteiger partial charge on any atom is 0.416 e. The van der Waals surface area contributed by atoms with Gasteiger partial charge in [0.25, 0.3) is 5.22 Å². The largest absolute Gasteiger partial charge is 0.416 e. The lowest BCUT2D eigenvalue weighted by Crippen LogP contribution is -2.30. The van der Waals surface area contributed by atoms with Crippen molar-refractivity contribution in [3.63, 3.8) is 0 Å². The predicted octanol–water partition coefficient (Wildman–Crippen LogP) is 5.62. The van der Waals surface area contributed by atoms with E-state index in [1.165, 1.54) is 24.3 Å². The van der Waals surface area contributed by atoms with Crippen molar-refractivity contribution in [2.45, 2.75) is 30.7 Å². The van der Waals surface area contributed by atoms with E-state index in [-0.39, 0.29) is 22.6 Å². The minimum absolute atomic E-state index is 0.0877. The van der Waals surface area contributed by atoms with Gasteiger partial charge in [-0.15, -0.1) is 10.2 Å². The number of halogens is 4. The van der Waals surface area contributed by atoms with Crippen LogP contribution in [-0.4, -0.2) is 34.9 Å². The Morgan fingerprint density at radius 2 is 1.88 bits per heavy atom. The number of nitrogens with zero attached hydrogens (tertiary/aromatic N) is 3. The number of piperidine rings is 1. The van der Waals surface area contributed by atoms with Crippen molar-refractivity contribution in [2.75, 3.05) is 29.1 Å². The quantitative estimate of drug-likeness (QED) is 0.365. The highest BCUT2D eigenvalue weighted by atomic mass is 32.2. The summed E-state index contributed by atoms with van der Waals surface area (Å²) in [5.41, 5.74) is 0.243. The molecule has 0 aliphatic carbocycles. The van der Waals surface area contributed by atoms with Gasteiger partial charge < -0.3 is 14.6 Å². The summed E-state index contributed by atoms with van der Waals surface area (Å²) in [7, 11) is 0. The third-order valence-electron chi connectivity index (χ3n) is 5.10. The van der Waals surface area contributed by atoms with E-state index in [9.17, 15) is 22.4 Å². The minimum atomic E-state index is -4.52. The Morgan fingerprint density at radius 1 is 1.09 bits per heavy atom. The minimum Gasteiger partial charge on any atom is -0.411 e. The number of carbonyl (C=O) groups excluding carboxylic acids is 1. The van der Waals surface area contributed by atoms with Crippen LogP contribution >= 0.6 is 11.8 Å². The molecule has 1 saturated heterocycles. The van der Waals surface area contributed by atoms with Crippen molar-refractivity contribution in [2.24, 2.45) is 0 Å². The van der Waals surface area contributed by atoms with Gasteiger partial charge in [0, 0.05) is 18.7 Å². The van der Waals surface area contributed by atoms with Crippen molar-refractivity contribution in [3.05, 3.63) is 53.8 Å². The summed E-state index contributed by atoms with van der Waals surface area (Å²) >= 11 is 0.937. The van der Waals surface area contributed by atoms with E-state index >= 15 is 0 Å². The summed E-state index contributed by atoms with van der Waals surface area (Å²) in [6.45, 7) is 1.43. The molecule has 1 N–H and O–H groups in total. The molecule has 0 atom stereocenters. The molecule has 1 aliphatic heterocycles. The van der Waals surface area contributed by atoms with Gasteiger partial charge in [-0.3, -0.25) is 4.79 Å². The molecule has 11 heteroatoms. The fraction of sp³-hybridized carbons (Fsp3) is 0.318. The zero-order chi connectivity index (χ0) is 23.4. The Labute approximate surface area is 191 Å². The van der Waals surface area contributed by atoms with Crippen LogP contribution in [-0.2, 0) is 11.0 Å². The number of rotatable bonds is 6. The third-order valence-corrected chi connectivity index (χ3v) is 5.92. The average Bonchev–Trinajstić information content (AvgIpc) is 3.27. The SMILES string of the molecule is O=C(CSc1nnc(-c2cccc(F)c2)o1)Nc1cc(C(F)(F)F)ccc1N1CCCCC1. The first-order valence-corrected chi connectivity index (χ1v) is 11.3. The molecule has 0 spiro atoms. The van der Waals surface area contributed by atoms with Gasteiger partial charge in [0.1, 0.15) is 5.82 Å². The average molecular weight is 480 g/mol. The van der Waals surface area contributed by atoms with E-state index in [1.54, 1.807) is 6.07 Å². The van der Waals surface area contributed by atoms with Crippen LogP contribution in [0.5, 0.6) is 0 Å². The number of hydrogen-bond donors (Lipinski definition) is 1. The zero-order valence-electron chi connectivity index (χ0n) is 17.4. The van der Waals surface area contributed by atoms with Gasteiger partial charge in [-0.25, -0.2) is 4.39 Å². The Bertz CT molecular complexity index is 1130. The summed E-state index contributed by atoms with van der Waals surface area (Å²) in [5, 5.41) is 10.3. The van der Waals surface area contributed by atoms with Gasteiger partial charge in [0.05, 0.1) is 22.7 Å². The summed E-state index contributed by atoms with van der Waals surface area (Å²) in [4.78, 5) is 14.5. The maximum atomic E-state index is 13.4. The second kappa shape index (κ2) is 9.82. The first-order valence-electron chi connectivity index (χ1n) is 10.3. The lowest BCUT2D eigenvalue weighted by molar-refractivity contribution is -0.137. The highest BCUT2D eigenvalue weighted by Crippen LogP contribution is 2.36. The van der Waals surface area contributed by atoms with E-state index in [0.717, 1.165) is 43.2 Å². The molecule has 1 aliphatic rings. The van der Waals surface area contributed by atoms with Gasteiger partial charge in [-0.1, -0.05) is 17.8 Å². The molecule has 1 aromatic heterocycles. The second-order valence-corrected chi connectivity index (χ2v) is 8.42. The molecule has 6 nitrogen and oxygen atoms in total. The molecule has 1 amide bonds. The Kier molecular flexibility index (Phi) is 6.87. The second-order valence-electron chi connectivity index (χ2n) is 7.50. The van der Waals surface area contributed by atoms with Crippen LogP contribution in [0.4, 0.5) is 28.9 Å². The normalized spacial score (nSPS) is 14.4. The first kappa shape index (κ1) is 23.1. The summed E-state index contributed by atoms with van der Waals surface area (Å²) < 4.78 is 58.5. The number of nitrogens with one attached hydrogen (secondary N) is 1. The first-order chi connectivity index (χ1) is 15.8. The number of hydrogen-bond acceptors (Lipinski definition) is 6. The highest BCUT2D eigenvalue weighted by Gasteiger charge is 2.32. The van der Waals surface area contributed by atoms with Crippen molar-refractivity contribution in [3.8, 4) is 11.5 Å². The number of thioether (sulfide) groups is 1. The molecule has 3 aromatic rings. The Hall–Kier alpha value is -3.08. The van der Waals surface area contributed by atoms with Gasteiger partial charge >= 0.3 is 6.18 Å². The third kappa shape index (κ3) is 5.84. The van der Waals surface area contributed by atoms with E-state index in [2.05, 4.69) is 15.5 Å². The van der Waals surface area contributed by atoms with Crippen molar-refractivity contribution in [1.29, 1.82) is 0 Å². The topological polar surface area (TPSA) is 71.3 Å². The lowest BCUT2D eigenvalue weighted by atomic mass is 10.1. The predicted molar refractivity (Wildman–Crippen MR) is 117 cm³/mol. The van der Waals surface area contributed by atoms with Crippen LogP contribution in [0.2, 0.25) is 0 Å². The number of carbonyl (C=O) groups is 1. The maximum absolute atomic E-state index is 13.4. The van der Waals surface area contributed by atoms with Gasteiger partial charge in [0.15, 0.2) is 0 Å². The highest BCUT2D eigenvalue weighted by molar-refractivity contribution is 7.99. The Balaban J connectivity index is 1.45. The summed E-state index contributed by atoms with van der Waals surface area (Å²) in [6.07, 6.45) is -1.58. The molecule has 0 unspecified atom stereocenters. The van der Waals surface area contributed by atoms with E-state index in [1.807, 2.05) is 4.90 Å². The smallest absolute Gasteiger partial charge is 0.411 e. The van der Waals surface area contributed by atoms with Crippen LogP contribution in [0.1, 0.15) is 24.8 Å². The van der Waals surface area contributed by atoms with Crippen molar-refractivity contribution < 1.29 is 26.8 Å². The van der Waals surface area contributed by atoms with Gasteiger partial charge in [0.2, 0.25) is 11.8 Å². The lowest BCUT2D eigenvalue weighted by Gasteiger charge is -2.31. The van der Waals surface area contributed by atoms with Crippen LogP contribution in [0.3, 0.4) is 0 Å². The van der Waals surface area contributed by atoms with E-state index < -0.39 is 23.5 Å². The van der Waals surface area contributed by atoms with Crippen LogP contribution in [0.15, 0.2) is 52.1 Å². The molecule has 2 aromatic carbocycles. The Morgan fingerprint density at radius 3 is 2.61 bits per heavy atom. The number of amides is 1. The number of anilines is 2. The standard InChI is InChI=1S/C22H20F4N4O2S/c23-16-6-4-5-14(11-16)20-28-29-21(32-20)33-13-19(31)27-17-12-15(22(24,25)26)7-8-18(17)30-9-2-1-3-10-30/h4-8,11-12H,1-3,9-10,13H2,(H,27,31). The number of aromatic nitrogens is 2. The number of benzene rings is 2. The number of alkyl halides is 3. The van der Waals surface area contributed by atoms with Gasteiger partial charge in [-0.2, -0.15) is 13.2 Å². The molecule has 1 fully saturated rings. The molecule has 174 valence electrons. The van der Waals surface area contributed by atoms with Crippen LogP contribution < -0.4 is 10.2 Å². The van der Waals surface area contributed by atoms with Crippen molar-refractivity contribution >= 4 is 29.0 Å². The fourth-order valence-electron chi connectivity index (χ4n) is 3.54. The summed E-state index contributed by atoms with van der Waals surface area (Å²) in [5.74, 6) is -1.02. The molecule has 0 radical (unpaired) electrons. The van der Waals surface area contributed by atoms with Crippen molar-refractivity contribution in [1.82, 2.24) is 10.2 Å². The van der Waals surface area contributed by atoms with Gasteiger partial charge in [-0.05, 0) is 55.7 Å². The fourth-order valence-corrected chi connectivity index (χ4v) is 4.11. The molecule has 0 saturated carbocycles. The molecular formula is C22H20F4N4O2S. The van der Waals surface area contributed by atoms with Crippen LogP contribution in [0.25, 0.3) is 11.5 Å². The molecule has 33 heavy (non-hydrogen) atoms. The molecule has 2 heterocycles. The molecule has 0 bridgehead atoms. The molecular weight excluding hydrogens is 460 g/mol. The summed E-state index contributed by atoms with van der Waals surface area (Å²) in [6, 6.07) is 9.02. The van der Waals surface area contributed by atoms with E-state index in [0.29, 0.717) is 24.3 Å². The molecule has 4 rings (SSSR count). The zero-order valence-corrected chi connectivity index (χ0v) is 18.2. The van der Waals surface area contributed by atoms with E-state index in [4.69, 9.17) is 4.42 Å². The van der Waals surface area contributed by atoms with Crippen LogP contribution in [0, 0.1) is 5.82 Å². The monoisotopic (exact) mass is 480 g/mol.